The largest absolute Gasteiger partial charge is 0.486 e. The average molecular weight is 290 g/mol. The summed E-state index contributed by atoms with van der Waals surface area (Å²) in [5, 5.41) is 0.969. The fourth-order valence-corrected chi connectivity index (χ4v) is 3.12. The Balaban J connectivity index is 2.14. The maximum atomic E-state index is 6.15. The lowest BCUT2D eigenvalue weighted by Gasteiger charge is -2.16. The summed E-state index contributed by atoms with van der Waals surface area (Å²) >= 11 is 1.63. The van der Waals surface area contributed by atoms with E-state index in [1.807, 2.05) is 32.9 Å². The number of aromatic nitrogens is 1. The number of rotatable bonds is 4. The molecule has 0 bridgehead atoms. The van der Waals surface area contributed by atoms with Crippen molar-refractivity contribution in [2.24, 2.45) is 5.73 Å². The summed E-state index contributed by atoms with van der Waals surface area (Å²) in [7, 11) is 0. The molecule has 0 atom stereocenters. The Bertz CT molecular complexity index is 611. The van der Waals surface area contributed by atoms with Crippen molar-refractivity contribution in [2.45, 2.75) is 46.8 Å². The molecule has 1 aromatic carbocycles. The van der Waals surface area contributed by atoms with Gasteiger partial charge in [0.1, 0.15) is 17.4 Å². The summed E-state index contributed by atoms with van der Waals surface area (Å²) < 4.78 is 5.89. The summed E-state index contributed by atoms with van der Waals surface area (Å²) in [6, 6.07) is 6.10. The third kappa shape index (κ3) is 3.19. The molecule has 0 saturated heterocycles. The van der Waals surface area contributed by atoms with Gasteiger partial charge in [-0.1, -0.05) is 12.1 Å². The van der Waals surface area contributed by atoms with Crippen LogP contribution in [0.5, 0.6) is 5.75 Å². The zero-order valence-corrected chi connectivity index (χ0v) is 13.6. The molecule has 0 aliphatic rings. The molecule has 2 aromatic rings. The van der Waals surface area contributed by atoms with Gasteiger partial charge in [0.15, 0.2) is 0 Å². The highest BCUT2D eigenvalue weighted by molar-refractivity contribution is 7.11. The summed E-state index contributed by atoms with van der Waals surface area (Å²) in [4.78, 5) is 5.68. The monoisotopic (exact) mass is 290 g/mol. The molecule has 0 saturated carbocycles. The van der Waals surface area contributed by atoms with Crippen molar-refractivity contribution >= 4 is 11.3 Å². The first-order valence-corrected chi connectivity index (χ1v) is 7.55. The van der Waals surface area contributed by atoms with E-state index in [0.29, 0.717) is 6.61 Å². The highest BCUT2D eigenvalue weighted by Crippen LogP contribution is 2.29. The summed E-state index contributed by atoms with van der Waals surface area (Å²) in [5.74, 6) is 0.923. The summed E-state index contributed by atoms with van der Waals surface area (Å²) in [6.07, 6.45) is 0. The van der Waals surface area contributed by atoms with E-state index in [0.717, 1.165) is 21.3 Å². The van der Waals surface area contributed by atoms with Crippen LogP contribution >= 0.6 is 11.3 Å². The van der Waals surface area contributed by atoms with Crippen LogP contribution in [0, 0.1) is 20.8 Å². The molecule has 0 spiro atoms. The second kappa shape index (κ2) is 5.54. The van der Waals surface area contributed by atoms with Crippen LogP contribution in [-0.2, 0) is 12.1 Å². The number of hydrogen-bond acceptors (Lipinski definition) is 4. The zero-order chi connectivity index (χ0) is 14.9. The lowest BCUT2D eigenvalue weighted by Crippen LogP contribution is -2.28. The van der Waals surface area contributed by atoms with Crippen LogP contribution < -0.4 is 10.5 Å². The van der Waals surface area contributed by atoms with Crippen LogP contribution in [0.25, 0.3) is 0 Å². The minimum Gasteiger partial charge on any atom is -0.486 e. The quantitative estimate of drug-likeness (QED) is 0.930. The average Bonchev–Trinajstić information content (AvgIpc) is 2.72. The second-order valence-corrected chi connectivity index (χ2v) is 6.81. The van der Waals surface area contributed by atoms with Crippen LogP contribution in [0.3, 0.4) is 0 Å². The number of benzene rings is 1. The van der Waals surface area contributed by atoms with Crippen molar-refractivity contribution in [1.29, 1.82) is 0 Å². The number of nitrogens with two attached hydrogens (primary N) is 1. The van der Waals surface area contributed by atoms with Crippen molar-refractivity contribution in [3.63, 3.8) is 0 Å². The highest BCUT2D eigenvalue weighted by Gasteiger charge is 2.21. The summed E-state index contributed by atoms with van der Waals surface area (Å²) in [5.41, 5.74) is 9.22. The number of ether oxygens (including phenoxy) is 1. The molecular formula is C16H22N2OS. The van der Waals surface area contributed by atoms with Gasteiger partial charge >= 0.3 is 0 Å². The van der Waals surface area contributed by atoms with E-state index in [4.69, 9.17) is 10.5 Å². The van der Waals surface area contributed by atoms with Gasteiger partial charge in [0, 0.05) is 10.4 Å². The number of hydrogen-bond donors (Lipinski definition) is 1. The van der Waals surface area contributed by atoms with Crippen molar-refractivity contribution in [2.75, 3.05) is 0 Å². The van der Waals surface area contributed by atoms with Crippen LogP contribution in [-0.4, -0.2) is 4.98 Å². The lowest BCUT2D eigenvalue weighted by atomic mass is 10.0. The molecular weight excluding hydrogens is 268 g/mol. The molecule has 108 valence electrons. The predicted molar refractivity (Wildman–Crippen MR) is 84.3 cm³/mol. The Morgan fingerprint density at radius 2 is 1.95 bits per heavy atom. The Labute approximate surface area is 124 Å². The van der Waals surface area contributed by atoms with Crippen LogP contribution in [0.4, 0.5) is 0 Å². The first kappa shape index (κ1) is 15.0. The molecule has 1 aromatic heterocycles. The van der Waals surface area contributed by atoms with Gasteiger partial charge in [-0.3, -0.25) is 0 Å². The fraction of sp³-hybridized carbons (Fsp3) is 0.438. The number of nitrogens with zero attached hydrogens (tertiary/aromatic N) is 1. The van der Waals surface area contributed by atoms with Gasteiger partial charge in [0.25, 0.3) is 0 Å². The molecule has 0 fully saturated rings. The van der Waals surface area contributed by atoms with E-state index in [-0.39, 0.29) is 5.54 Å². The minimum atomic E-state index is -0.348. The fourth-order valence-electron chi connectivity index (χ4n) is 2.13. The molecule has 3 nitrogen and oxygen atoms in total. The third-order valence-electron chi connectivity index (χ3n) is 3.33. The normalized spacial score (nSPS) is 11.7. The number of aryl methyl sites for hydroxylation is 2. The predicted octanol–water partition coefficient (Wildman–Crippen LogP) is 3.84. The highest BCUT2D eigenvalue weighted by atomic mass is 32.1. The first-order chi connectivity index (χ1) is 9.29. The first-order valence-electron chi connectivity index (χ1n) is 6.73. The molecule has 0 aliphatic heterocycles. The van der Waals surface area contributed by atoms with Gasteiger partial charge in [-0.25, -0.2) is 4.98 Å². The molecule has 0 amide bonds. The molecule has 20 heavy (non-hydrogen) atoms. The summed E-state index contributed by atoms with van der Waals surface area (Å²) in [6.45, 7) is 10.7. The Morgan fingerprint density at radius 1 is 1.25 bits per heavy atom. The Morgan fingerprint density at radius 3 is 2.55 bits per heavy atom. The van der Waals surface area contributed by atoms with E-state index in [2.05, 4.69) is 24.9 Å². The SMILES string of the molecule is Cc1cccc(OCc2nc(C)c(C(C)(C)N)s2)c1C. The molecule has 0 unspecified atom stereocenters. The molecule has 2 N–H and O–H groups in total. The maximum Gasteiger partial charge on any atom is 0.140 e. The molecule has 0 radical (unpaired) electrons. The van der Waals surface area contributed by atoms with Gasteiger partial charge in [0.2, 0.25) is 0 Å². The van der Waals surface area contributed by atoms with Crippen molar-refractivity contribution < 1.29 is 4.74 Å². The van der Waals surface area contributed by atoms with Gasteiger partial charge in [-0.05, 0) is 51.8 Å². The van der Waals surface area contributed by atoms with E-state index in [1.54, 1.807) is 11.3 Å². The smallest absolute Gasteiger partial charge is 0.140 e. The second-order valence-electron chi connectivity index (χ2n) is 5.73. The Kier molecular flexibility index (Phi) is 4.16. The van der Waals surface area contributed by atoms with E-state index >= 15 is 0 Å². The van der Waals surface area contributed by atoms with Crippen molar-refractivity contribution in [1.82, 2.24) is 4.98 Å². The molecule has 1 heterocycles. The maximum absolute atomic E-state index is 6.15. The standard InChI is InChI=1S/C16H22N2OS/c1-10-7-6-8-13(11(10)2)19-9-14-18-12(3)15(20-14)16(4,5)17/h6-8H,9,17H2,1-5H3. The molecule has 0 aliphatic carbocycles. The topological polar surface area (TPSA) is 48.1 Å². The van der Waals surface area contributed by atoms with Gasteiger partial charge in [-0.15, -0.1) is 11.3 Å². The minimum absolute atomic E-state index is 0.348. The van der Waals surface area contributed by atoms with E-state index in [1.165, 1.54) is 11.1 Å². The van der Waals surface area contributed by atoms with E-state index < -0.39 is 0 Å². The van der Waals surface area contributed by atoms with Crippen LogP contribution in [0.1, 0.15) is 40.6 Å². The van der Waals surface area contributed by atoms with Crippen molar-refractivity contribution in [3.05, 3.63) is 44.9 Å². The van der Waals surface area contributed by atoms with Gasteiger partial charge < -0.3 is 10.5 Å². The third-order valence-corrected chi connectivity index (χ3v) is 4.80. The van der Waals surface area contributed by atoms with Crippen LogP contribution in [0.2, 0.25) is 0 Å². The molecule has 4 heteroatoms. The van der Waals surface area contributed by atoms with E-state index in [9.17, 15) is 0 Å². The van der Waals surface area contributed by atoms with Gasteiger partial charge in [0.05, 0.1) is 5.69 Å². The Hall–Kier alpha value is -1.39. The number of thiazole rings is 1. The lowest BCUT2D eigenvalue weighted by molar-refractivity contribution is 0.303. The van der Waals surface area contributed by atoms with Gasteiger partial charge in [-0.2, -0.15) is 0 Å². The van der Waals surface area contributed by atoms with Crippen LogP contribution in [0.15, 0.2) is 18.2 Å². The molecule has 2 rings (SSSR count). The zero-order valence-electron chi connectivity index (χ0n) is 12.8. The van der Waals surface area contributed by atoms with Crippen molar-refractivity contribution in [3.8, 4) is 5.75 Å².